The molecule has 0 radical (unpaired) electrons. The number of halogens is 3. The first-order chi connectivity index (χ1) is 13.5. The maximum Gasteiger partial charge on any atom is 0.194 e. The predicted octanol–water partition coefficient (Wildman–Crippen LogP) is 3.56. The minimum Gasteiger partial charge on any atom is -0.496 e. The van der Waals surface area contributed by atoms with Gasteiger partial charge in [-0.15, -0.1) is 12.4 Å². The van der Waals surface area contributed by atoms with Crippen molar-refractivity contribution in [3.05, 3.63) is 58.7 Å². The lowest BCUT2D eigenvalue weighted by Gasteiger charge is -2.27. The number of hydrogen-bond donors (Lipinski definition) is 2. The van der Waals surface area contributed by atoms with Gasteiger partial charge in [0.15, 0.2) is 5.96 Å². The third-order valence-electron chi connectivity index (χ3n) is 4.75. The summed E-state index contributed by atoms with van der Waals surface area (Å²) in [7, 11) is 3.10. The van der Waals surface area contributed by atoms with Gasteiger partial charge in [0.2, 0.25) is 0 Å². The number of methoxy groups -OCH3 is 2. The molecule has 2 aliphatic heterocycles. The van der Waals surface area contributed by atoms with Crippen LogP contribution in [0.3, 0.4) is 0 Å². The summed E-state index contributed by atoms with van der Waals surface area (Å²) in [6.07, 6.45) is 0.488. The molecule has 0 bridgehead atoms. The van der Waals surface area contributed by atoms with E-state index in [0.29, 0.717) is 47.1 Å². The van der Waals surface area contributed by atoms with E-state index in [0.717, 1.165) is 11.6 Å². The molecular weight excluding hydrogens is 404 g/mol. The molecule has 2 aromatic rings. The lowest BCUT2D eigenvalue weighted by Crippen LogP contribution is -2.35. The van der Waals surface area contributed by atoms with Crippen molar-refractivity contribution in [3.63, 3.8) is 0 Å². The van der Waals surface area contributed by atoms with Crippen LogP contribution in [0.5, 0.6) is 17.2 Å². The molecule has 4 rings (SSSR count). The van der Waals surface area contributed by atoms with Crippen molar-refractivity contribution in [2.75, 3.05) is 20.8 Å². The summed E-state index contributed by atoms with van der Waals surface area (Å²) in [5, 5.41) is 3.07. The smallest absolute Gasteiger partial charge is 0.194 e. The second kappa shape index (κ2) is 8.16. The van der Waals surface area contributed by atoms with Crippen LogP contribution in [0, 0.1) is 11.6 Å². The average molecular weight is 424 g/mol. The van der Waals surface area contributed by atoms with E-state index in [4.69, 9.17) is 19.9 Å². The maximum absolute atomic E-state index is 13.8. The number of benzene rings is 2. The van der Waals surface area contributed by atoms with Gasteiger partial charge < -0.3 is 25.3 Å². The van der Waals surface area contributed by atoms with Crippen LogP contribution in [0.1, 0.15) is 23.6 Å². The molecule has 0 spiro atoms. The van der Waals surface area contributed by atoms with Crippen molar-refractivity contribution in [1.29, 1.82) is 0 Å². The standard InChI is InChI=1S/C20H19F2N3O3.ClH/c1-26-13-8-15(27-2)17-16(9-13)28-4-3-14-18(24-20(23)25-19(14)17)10-5-11(21)7-12(22)6-10;/h5-9,18H,3-4H2,1-2H3,(H3,23,24,25);1H. The van der Waals surface area contributed by atoms with Crippen molar-refractivity contribution >= 4 is 24.1 Å². The molecule has 29 heavy (non-hydrogen) atoms. The van der Waals surface area contributed by atoms with Crippen LogP contribution in [0.2, 0.25) is 0 Å². The normalized spacial score (nSPS) is 17.5. The number of aliphatic imine (C=N–C) groups is 1. The highest BCUT2D eigenvalue weighted by molar-refractivity contribution is 5.94. The minimum atomic E-state index is -0.669. The lowest BCUT2D eigenvalue weighted by molar-refractivity contribution is 0.315. The molecule has 154 valence electrons. The van der Waals surface area contributed by atoms with E-state index in [1.54, 1.807) is 26.4 Å². The maximum atomic E-state index is 13.8. The van der Waals surface area contributed by atoms with Crippen LogP contribution in [0.15, 0.2) is 40.9 Å². The molecule has 0 saturated heterocycles. The zero-order valence-electron chi connectivity index (χ0n) is 15.8. The highest BCUT2D eigenvalue weighted by Gasteiger charge is 2.32. The topological polar surface area (TPSA) is 78.1 Å². The molecule has 0 aliphatic carbocycles. The van der Waals surface area contributed by atoms with Crippen molar-refractivity contribution in [1.82, 2.24) is 5.32 Å². The van der Waals surface area contributed by atoms with Gasteiger partial charge >= 0.3 is 0 Å². The number of fused-ring (bicyclic) bond motifs is 2. The quantitative estimate of drug-likeness (QED) is 0.789. The molecule has 0 saturated carbocycles. The van der Waals surface area contributed by atoms with Gasteiger partial charge in [0, 0.05) is 24.6 Å². The van der Waals surface area contributed by atoms with Crippen molar-refractivity contribution in [2.24, 2.45) is 10.7 Å². The molecule has 1 unspecified atom stereocenters. The second-order valence-corrected chi connectivity index (χ2v) is 6.45. The zero-order valence-corrected chi connectivity index (χ0v) is 16.6. The summed E-state index contributed by atoms with van der Waals surface area (Å²) in [6.45, 7) is 0.355. The Hall–Kier alpha value is -3.00. The largest absolute Gasteiger partial charge is 0.496 e. The Bertz CT molecular complexity index is 990. The van der Waals surface area contributed by atoms with Gasteiger partial charge in [-0.2, -0.15) is 0 Å². The van der Waals surface area contributed by atoms with Gasteiger partial charge in [-0.1, -0.05) is 0 Å². The van der Waals surface area contributed by atoms with Crippen LogP contribution >= 0.6 is 12.4 Å². The summed E-state index contributed by atoms with van der Waals surface area (Å²) >= 11 is 0. The molecule has 1 atom stereocenters. The monoisotopic (exact) mass is 423 g/mol. The summed E-state index contributed by atoms with van der Waals surface area (Å²) in [4.78, 5) is 4.39. The zero-order chi connectivity index (χ0) is 19.8. The summed E-state index contributed by atoms with van der Waals surface area (Å²) in [5.41, 5.74) is 8.52. The average Bonchev–Trinajstić information content (AvgIpc) is 2.85. The Balaban J connectivity index is 0.00000240. The second-order valence-electron chi connectivity index (χ2n) is 6.45. The van der Waals surface area contributed by atoms with E-state index >= 15 is 0 Å². The van der Waals surface area contributed by atoms with Crippen molar-refractivity contribution < 1.29 is 23.0 Å². The van der Waals surface area contributed by atoms with Crippen LogP contribution in [-0.4, -0.2) is 26.8 Å². The molecule has 6 nitrogen and oxygen atoms in total. The Morgan fingerprint density at radius 1 is 1.10 bits per heavy atom. The Kier molecular flexibility index (Phi) is 5.83. The first kappa shape index (κ1) is 20.7. The fourth-order valence-electron chi connectivity index (χ4n) is 3.56. The SMILES string of the molecule is COc1cc(OC)c2c(c1)OCCC1=C2NC(N)=NC1c1cc(F)cc(F)c1.Cl. The third-order valence-corrected chi connectivity index (χ3v) is 4.75. The van der Waals surface area contributed by atoms with Gasteiger partial charge in [-0.05, 0) is 23.3 Å². The number of nitrogens with two attached hydrogens (primary N) is 1. The van der Waals surface area contributed by atoms with Gasteiger partial charge in [0.25, 0.3) is 0 Å². The molecule has 2 aliphatic rings. The van der Waals surface area contributed by atoms with Crippen LogP contribution in [0.4, 0.5) is 8.78 Å². The Morgan fingerprint density at radius 2 is 1.83 bits per heavy atom. The van der Waals surface area contributed by atoms with Crippen LogP contribution < -0.4 is 25.3 Å². The summed E-state index contributed by atoms with van der Waals surface area (Å²) < 4.78 is 44.4. The molecule has 2 heterocycles. The molecule has 0 fully saturated rings. The third kappa shape index (κ3) is 3.80. The van der Waals surface area contributed by atoms with Gasteiger partial charge in [0.1, 0.15) is 34.9 Å². The van der Waals surface area contributed by atoms with E-state index in [1.807, 2.05) is 0 Å². The molecule has 2 aromatic carbocycles. The lowest BCUT2D eigenvalue weighted by atomic mass is 9.91. The Labute approximate surface area is 172 Å². The van der Waals surface area contributed by atoms with E-state index in [1.165, 1.54) is 12.1 Å². The van der Waals surface area contributed by atoms with E-state index in [2.05, 4.69) is 10.3 Å². The minimum absolute atomic E-state index is 0. The van der Waals surface area contributed by atoms with Crippen molar-refractivity contribution in [3.8, 4) is 17.2 Å². The highest BCUT2D eigenvalue weighted by Crippen LogP contribution is 2.45. The van der Waals surface area contributed by atoms with E-state index < -0.39 is 17.7 Å². The number of ether oxygens (including phenoxy) is 3. The van der Waals surface area contributed by atoms with Gasteiger partial charge in [-0.25, -0.2) is 13.8 Å². The number of guanidine groups is 1. The first-order valence-corrected chi connectivity index (χ1v) is 8.68. The van der Waals surface area contributed by atoms with Gasteiger partial charge in [0.05, 0.1) is 32.1 Å². The fourth-order valence-corrected chi connectivity index (χ4v) is 3.56. The number of nitrogens with zero attached hydrogens (tertiary/aromatic N) is 1. The van der Waals surface area contributed by atoms with Gasteiger partial charge in [-0.3, -0.25) is 0 Å². The number of hydrogen-bond acceptors (Lipinski definition) is 6. The van der Waals surface area contributed by atoms with E-state index in [9.17, 15) is 8.78 Å². The van der Waals surface area contributed by atoms with Crippen LogP contribution in [-0.2, 0) is 0 Å². The molecule has 3 N–H and O–H groups in total. The Morgan fingerprint density at radius 3 is 2.48 bits per heavy atom. The molecular formula is C20H20ClF2N3O3. The van der Waals surface area contributed by atoms with Crippen LogP contribution in [0.25, 0.3) is 5.70 Å². The summed E-state index contributed by atoms with van der Waals surface area (Å²) in [5.74, 6) is 0.469. The number of nitrogens with one attached hydrogen (secondary N) is 1. The first-order valence-electron chi connectivity index (χ1n) is 8.68. The highest BCUT2D eigenvalue weighted by atomic mass is 35.5. The summed E-state index contributed by atoms with van der Waals surface area (Å²) in [6, 6.07) is 6.21. The van der Waals surface area contributed by atoms with Crippen molar-refractivity contribution in [2.45, 2.75) is 12.5 Å². The molecule has 0 amide bonds. The predicted molar refractivity (Wildman–Crippen MR) is 108 cm³/mol. The molecule has 9 heteroatoms. The van der Waals surface area contributed by atoms with E-state index in [-0.39, 0.29) is 18.4 Å². The number of rotatable bonds is 3. The molecule has 0 aromatic heterocycles. The fraction of sp³-hybridized carbons (Fsp3) is 0.250.